The van der Waals surface area contributed by atoms with Crippen molar-refractivity contribution in [2.45, 2.75) is 25.9 Å². The molecule has 154 valence electrons. The van der Waals surface area contributed by atoms with Crippen molar-refractivity contribution in [2.75, 3.05) is 27.4 Å². The van der Waals surface area contributed by atoms with Gasteiger partial charge in [-0.3, -0.25) is 9.69 Å². The first-order valence-electron chi connectivity index (χ1n) is 9.66. The molecule has 1 aliphatic rings. The molecule has 3 amide bonds. The summed E-state index contributed by atoms with van der Waals surface area (Å²) in [4.78, 5) is 28.2. The van der Waals surface area contributed by atoms with Gasteiger partial charge in [-0.2, -0.15) is 0 Å². The summed E-state index contributed by atoms with van der Waals surface area (Å²) in [6, 6.07) is 14.5. The maximum atomic E-state index is 12.7. The summed E-state index contributed by atoms with van der Waals surface area (Å²) < 4.78 is 10.9. The Bertz CT molecular complexity index is 856. The van der Waals surface area contributed by atoms with Gasteiger partial charge in [0.25, 0.3) is 5.91 Å². The van der Waals surface area contributed by atoms with E-state index in [1.54, 1.807) is 7.11 Å². The maximum absolute atomic E-state index is 12.7. The van der Waals surface area contributed by atoms with Gasteiger partial charge in [-0.25, -0.2) is 9.69 Å². The van der Waals surface area contributed by atoms with E-state index in [1.165, 1.54) is 4.90 Å². The fraction of sp³-hybridized carbons (Fsp3) is 0.364. The normalized spacial score (nSPS) is 16.3. The number of hydrogen-bond donors (Lipinski definition) is 1. The van der Waals surface area contributed by atoms with E-state index in [0.29, 0.717) is 31.1 Å². The largest absolute Gasteiger partial charge is 0.493 e. The number of amides is 3. The number of nitrogens with one attached hydrogen (secondary N) is 1. The van der Waals surface area contributed by atoms with Crippen LogP contribution in [-0.2, 0) is 17.8 Å². The van der Waals surface area contributed by atoms with Gasteiger partial charge < -0.3 is 14.8 Å². The molecule has 7 nitrogen and oxygen atoms in total. The minimum atomic E-state index is -0.524. The molecule has 1 aliphatic heterocycles. The van der Waals surface area contributed by atoms with Crippen LogP contribution in [0.25, 0.3) is 0 Å². The molecule has 0 aromatic heterocycles. The van der Waals surface area contributed by atoms with E-state index < -0.39 is 6.04 Å². The van der Waals surface area contributed by atoms with Gasteiger partial charge in [-0.15, -0.1) is 0 Å². The quantitative estimate of drug-likeness (QED) is 0.659. The molecule has 1 fully saturated rings. The summed E-state index contributed by atoms with van der Waals surface area (Å²) in [5.41, 5.74) is 2.02. The average molecular weight is 397 g/mol. The van der Waals surface area contributed by atoms with Crippen molar-refractivity contribution in [2.24, 2.45) is 0 Å². The molecule has 1 N–H and O–H groups in total. The molecule has 7 heteroatoms. The van der Waals surface area contributed by atoms with Crippen LogP contribution < -0.4 is 14.8 Å². The third-order valence-electron chi connectivity index (χ3n) is 4.75. The molecule has 0 aliphatic carbocycles. The molecule has 0 radical (unpaired) electrons. The number of rotatable bonds is 9. The van der Waals surface area contributed by atoms with Gasteiger partial charge in [-0.1, -0.05) is 36.4 Å². The summed E-state index contributed by atoms with van der Waals surface area (Å²) >= 11 is 0. The van der Waals surface area contributed by atoms with Gasteiger partial charge in [0.1, 0.15) is 6.04 Å². The summed E-state index contributed by atoms with van der Waals surface area (Å²) in [6.45, 7) is 3.25. The van der Waals surface area contributed by atoms with E-state index in [9.17, 15) is 9.59 Å². The van der Waals surface area contributed by atoms with Crippen molar-refractivity contribution < 1.29 is 19.1 Å². The predicted octanol–water partition coefficient (Wildman–Crippen LogP) is 2.65. The molecule has 29 heavy (non-hydrogen) atoms. The zero-order valence-corrected chi connectivity index (χ0v) is 17.1. The lowest BCUT2D eigenvalue weighted by molar-refractivity contribution is -0.128. The van der Waals surface area contributed by atoms with Crippen LogP contribution in [0, 0.1) is 0 Å². The average Bonchev–Trinajstić information content (AvgIpc) is 2.97. The third kappa shape index (κ3) is 5.06. The molecule has 0 bridgehead atoms. The van der Waals surface area contributed by atoms with Crippen LogP contribution in [0.4, 0.5) is 4.79 Å². The highest BCUT2D eigenvalue weighted by atomic mass is 16.5. The second kappa shape index (κ2) is 9.43. The van der Waals surface area contributed by atoms with E-state index in [2.05, 4.69) is 5.32 Å². The molecule has 1 saturated heterocycles. The number of methoxy groups -OCH3 is 1. The Balaban J connectivity index is 1.60. The van der Waals surface area contributed by atoms with Crippen LogP contribution in [0.15, 0.2) is 48.5 Å². The Labute approximate surface area is 171 Å². The molecule has 0 saturated carbocycles. The number of benzene rings is 2. The highest BCUT2D eigenvalue weighted by Crippen LogP contribution is 2.28. The Kier molecular flexibility index (Phi) is 6.72. The van der Waals surface area contributed by atoms with Crippen molar-refractivity contribution in [3.05, 3.63) is 59.7 Å². The highest BCUT2D eigenvalue weighted by Gasteiger charge is 2.38. The lowest BCUT2D eigenvalue weighted by Crippen LogP contribution is -2.40. The summed E-state index contributed by atoms with van der Waals surface area (Å²) in [5, 5.41) is 2.79. The predicted molar refractivity (Wildman–Crippen MR) is 110 cm³/mol. The van der Waals surface area contributed by atoms with Crippen molar-refractivity contribution in [1.29, 1.82) is 0 Å². The van der Waals surface area contributed by atoms with E-state index >= 15 is 0 Å². The maximum Gasteiger partial charge on any atom is 0.325 e. The number of carbonyl (C=O) groups excluding carboxylic acids is 2. The Morgan fingerprint density at radius 2 is 1.83 bits per heavy atom. The highest BCUT2D eigenvalue weighted by molar-refractivity contribution is 6.04. The van der Waals surface area contributed by atoms with Gasteiger partial charge in [0.2, 0.25) is 0 Å². The Hall–Kier alpha value is -3.06. The first-order chi connectivity index (χ1) is 14.0. The van der Waals surface area contributed by atoms with Crippen molar-refractivity contribution >= 4 is 11.9 Å². The minimum absolute atomic E-state index is 0.199. The first kappa shape index (κ1) is 20.7. The van der Waals surface area contributed by atoms with E-state index in [4.69, 9.17) is 9.47 Å². The number of urea groups is 1. The van der Waals surface area contributed by atoms with Gasteiger partial charge in [-0.05, 0) is 37.2 Å². The summed E-state index contributed by atoms with van der Waals surface area (Å²) in [6.07, 6.45) is 0.488. The second-order valence-corrected chi connectivity index (χ2v) is 7.03. The zero-order chi connectivity index (χ0) is 20.8. The monoisotopic (exact) mass is 397 g/mol. The van der Waals surface area contributed by atoms with Crippen molar-refractivity contribution in [3.8, 4) is 11.5 Å². The second-order valence-electron chi connectivity index (χ2n) is 7.03. The van der Waals surface area contributed by atoms with Crippen molar-refractivity contribution in [3.63, 3.8) is 0 Å². The van der Waals surface area contributed by atoms with Gasteiger partial charge >= 0.3 is 6.03 Å². The molecular formula is C22H27N3O4. The summed E-state index contributed by atoms with van der Waals surface area (Å²) in [7, 11) is 3.47. The van der Waals surface area contributed by atoms with Crippen molar-refractivity contribution in [1.82, 2.24) is 15.1 Å². The lowest BCUT2D eigenvalue weighted by atomic mass is 10.1. The molecule has 2 aromatic rings. The third-order valence-corrected chi connectivity index (χ3v) is 4.75. The van der Waals surface area contributed by atoms with Crippen LogP contribution >= 0.6 is 0 Å². The van der Waals surface area contributed by atoms with Gasteiger partial charge in [0, 0.05) is 13.0 Å². The first-order valence-corrected chi connectivity index (χ1v) is 9.66. The van der Waals surface area contributed by atoms with E-state index in [1.807, 2.05) is 67.4 Å². The Morgan fingerprint density at radius 3 is 2.52 bits per heavy atom. The van der Waals surface area contributed by atoms with Crippen LogP contribution in [0.2, 0.25) is 0 Å². The van der Waals surface area contributed by atoms with Crippen LogP contribution in [0.3, 0.4) is 0 Å². The fourth-order valence-electron chi connectivity index (χ4n) is 3.39. The number of carbonyl (C=O) groups is 2. The molecule has 0 spiro atoms. The lowest BCUT2D eigenvalue weighted by Gasteiger charge is -2.22. The standard InChI is InChI=1S/C22H27N3O4/c1-4-29-19-11-10-17(13-20(19)28-3)14-24(2)15-25-21(26)18(23-22(25)27)12-16-8-6-5-7-9-16/h5-11,13,18H,4,12,14-15H2,1-3H3,(H,23,27)/t18-/m1/s1. The minimum Gasteiger partial charge on any atom is -0.493 e. The van der Waals surface area contributed by atoms with Gasteiger partial charge in [0.05, 0.1) is 20.4 Å². The zero-order valence-electron chi connectivity index (χ0n) is 17.1. The molecule has 1 heterocycles. The number of nitrogens with zero attached hydrogens (tertiary/aromatic N) is 2. The SMILES string of the molecule is CCOc1ccc(CN(C)CN2C(=O)N[C@H](Cc3ccccc3)C2=O)cc1OC. The smallest absolute Gasteiger partial charge is 0.325 e. The number of ether oxygens (including phenoxy) is 2. The van der Waals surface area contributed by atoms with Gasteiger partial charge in [0.15, 0.2) is 11.5 Å². The molecule has 3 rings (SSSR count). The molecule has 0 unspecified atom stereocenters. The number of hydrogen-bond acceptors (Lipinski definition) is 5. The van der Waals surface area contributed by atoms with E-state index in [-0.39, 0.29) is 18.6 Å². The topological polar surface area (TPSA) is 71.1 Å². The molecule has 2 aromatic carbocycles. The Morgan fingerprint density at radius 1 is 1.07 bits per heavy atom. The molecular weight excluding hydrogens is 370 g/mol. The summed E-state index contributed by atoms with van der Waals surface area (Å²) in [5.74, 6) is 1.16. The molecule has 1 atom stereocenters. The van der Waals surface area contributed by atoms with Crippen LogP contribution in [-0.4, -0.2) is 55.2 Å². The van der Waals surface area contributed by atoms with Crippen LogP contribution in [0.5, 0.6) is 11.5 Å². The van der Waals surface area contributed by atoms with Crippen LogP contribution in [0.1, 0.15) is 18.1 Å². The fourth-order valence-corrected chi connectivity index (χ4v) is 3.39. The number of imide groups is 1. The van der Waals surface area contributed by atoms with E-state index in [0.717, 1.165) is 11.1 Å².